The first kappa shape index (κ1) is 16.1. The molecule has 3 aromatic rings. The molecule has 0 aliphatic heterocycles. The fraction of sp³-hybridized carbons (Fsp3) is 0.250. The van der Waals surface area contributed by atoms with E-state index in [2.05, 4.69) is 20.8 Å². The van der Waals surface area contributed by atoms with Crippen molar-refractivity contribution in [3.8, 4) is 11.6 Å². The van der Waals surface area contributed by atoms with Crippen LogP contribution in [0.4, 0.5) is 0 Å². The van der Waals surface area contributed by atoms with Crippen molar-refractivity contribution >= 4 is 16.9 Å². The third-order valence-electron chi connectivity index (χ3n) is 3.70. The summed E-state index contributed by atoms with van der Waals surface area (Å²) < 4.78 is 7.90. The van der Waals surface area contributed by atoms with Gasteiger partial charge in [0.05, 0.1) is 12.1 Å². The van der Waals surface area contributed by atoms with Crippen LogP contribution >= 0.6 is 0 Å². The van der Waals surface area contributed by atoms with E-state index in [1.807, 2.05) is 59.2 Å². The average molecular weight is 323 g/mol. The molecule has 1 N–H and O–H groups in total. The zero-order valence-electron chi connectivity index (χ0n) is 14.1. The Morgan fingerprint density at radius 3 is 2.29 bits per heavy atom. The second-order valence-corrected chi connectivity index (χ2v) is 7.02. The molecule has 0 unspecified atom stereocenters. The summed E-state index contributed by atoms with van der Waals surface area (Å²) in [5.41, 5.74) is 1.84. The summed E-state index contributed by atoms with van der Waals surface area (Å²) in [6.07, 6.45) is 0. The highest BCUT2D eigenvalue weighted by Crippen LogP contribution is 2.36. The molecule has 1 aromatic heterocycles. The summed E-state index contributed by atoms with van der Waals surface area (Å²) >= 11 is 0. The summed E-state index contributed by atoms with van der Waals surface area (Å²) in [5.74, 6) is -0.602. The van der Waals surface area contributed by atoms with E-state index in [1.54, 1.807) is 0 Å². The van der Waals surface area contributed by atoms with E-state index in [0.29, 0.717) is 17.9 Å². The molecule has 0 bridgehead atoms. The lowest BCUT2D eigenvalue weighted by Gasteiger charge is -2.20. The Morgan fingerprint density at radius 1 is 1.04 bits per heavy atom. The Bertz CT molecular complexity index is 873. The van der Waals surface area contributed by atoms with Crippen molar-refractivity contribution in [2.45, 2.75) is 20.8 Å². The lowest BCUT2D eigenvalue weighted by atomic mass is 9.99. The van der Waals surface area contributed by atoms with Gasteiger partial charge in [0.1, 0.15) is 5.56 Å². The van der Waals surface area contributed by atoms with Gasteiger partial charge in [-0.1, -0.05) is 57.2 Å². The number of aromatic nitrogens is 1. The molecule has 0 aliphatic carbocycles. The predicted octanol–water partition coefficient (Wildman–Crippen LogP) is 4.75. The quantitative estimate of drug-likeness (QED) is 0.753. The standard InChI is InChI=1S/C20H21NO3/c1-20(2,3)13-24-18-17(19(22)23)15-11-7-8-12-16(15)21(18)14-9-5-4-6-10-14/h4-12H,13H2,1-3H3,(H,22,23). The van der Waals surface area contributed by atoms with Crippen LogP contribution in [-0.2, 0) is 0 Å². The van der Waals surface area contributed by atoms with Gasteiger partial charge >= 0.3 is 5.97 Å². The first-order valence-corrected chi connectivity index (χ1v) is 7.93. The number of hydrogen-bond donors (Lipinski definition) is 1. The fourth-order valence-electron chi connectivity index (χ4n) is 2.68. The number of rotatable bonds is 4. The van der Waals surface area contributed by atoms with Crippen molar-refractivity contribution in [3.05, 3.63) is 60.2 Å². The molecular weight excluding hydrogens is 302 g/mol. The molecule has 3 rings (SSSR count). The Morgan fingerprint density at radius 2 is 1.67 bits per heavy atom. The van der Waals surface area contributed by atoms with Gasteiger partial charge in [-0.25, -0.2) is 4.79 Å². The van der Waals surface area contributed by atoms with E-state index in [4.69, 9.17) is 4.74 Å². The van der Waals surface area contributed by atoms with Crippen LogP contribution < -0.4 is 4.74 Å². The average Bonchev–Trinajstić information content (AvgIpc) is 2.87. The molecule has 124 valence electrons. The molecule has 0 amide bonds. The number of hydrogen-bond acceptors (Lipinski definition) is 2. The van der Waals surface area contributed by atoms with Gasteiger partial charge in [0.15, 0.2) is 0 Å². The third kappa shape index (κ3) is 3.00. The van der Waals surface area contributed by atoms with E-state index in [1.165, 1.54) is 0 Å². The Balaban J connectivity index is 2.29. The SMILES string of the molecule is CC(C)(C)COc1c(C(=O)O)c2ccccc2n1-c1ccccc1. The lowest BCUT2D eigenvalue weighted by Crippen LogP contribution is -2.19. The zero-order chi connectivity index (χ0) is 17.3. The predicted molar refractivity (Wildman–Crippen MR) is 95.2 cm³/mol. The highest BCUT2D eigenvalue weighted by atomic mass is 16.5. The number of ether oxygens (including phenoxy) is 1. The second-order valence-electron chi connectivity index (χ2n) is 7.02. The number of carboxylic acids is 1. The van der Waals surface area contributed by atoms with Gasteiger partial charge in [-0.3, -0.25) is 4.57 Å². The highest BCUT2D eigenvalue weighted by molar-refractivity contribution is 6.07. The minimum atomic E-state index is -0.982. The van der Waals surface area contributed by atoms with Gasteiger partial charge in [-0.2, -0.15) is 0 Å². The molecular formula is C20H21NO3. The number of fused-ring (bicyclic) bond motifs is 1. The molecule has 0 saturated carbocycles. The molecule has 0 saturated heterocycles. The van der Waals surface area contributed by atoms with Crippen LogP contribution in [0, 0.1) is 5.41 Å². The molecule has 0 spiro atoms. The third-order valence-corrected chi connectivity index (χ3v) is 3.70. The van der Waals surface area contributed by atoms with Crippen LogP contribution in [0.3, 0.4) is 0 Å². The van der Waals surface area contributed by atoms with E-state index >= 15 is 0 Å². The maximum absolute atomic E-state index is 11.9. The Hall–Kier alpha value is -2.75. The highest BCUT2D eigenvalue weighted by Gasteiger charge is 2.25. The number of aromatic carboxylic acids is 1. The van der Waals surface area contributed by atoms with Crippen molar-refractivity contribution in [3.63, 3.8) is 0 Å². The molecule has 1 heterocycles. The first-order valence-electron chi connectivity index (χ1n) is 7.93. The van der Waals surface area contributed by atoms with Crippen LogP contribution in [-0.4, -0.2) is 22.2 Å². The molecule has 4 nitrogen and oxygen atoms in total. The fourth-order valence-corrected chi connectivity index (χ4v) is 2.68. The van der Waals surface area contributed by atoms with Crippen molar-refractivity contribution in [2.75, 3.05) is 6.61 Å². The minimum absolute atomic E-state index is 0.0756. The number of benzene rings is 2. The van der Waals surface area contributed by atoms with E-state index < -0.39 is 5.97 Å². The summed E-state index contributed by atoms with van der Waals surface area (Å²) in [6.45, 7) is 6.60. The van der Waals surface area contributed by atoms with Gasteiger partial charge in [0.2, 0.25) is 5.88 Å². The van der Waals surface area contributed by atoms with Crippen LogP contribution in [0.5, 0.6) is 5.88 Å². The Kier molecular flexibility index (Phi) is 4.06. The van der Waals surface area contributed by atoms with Gasteiger partial charge < -0.3 is 9.84 Å². The summed E-state index contributed by atoms with van der Waals surface area (Å²) in [6, 6.07) is 17.2. The van der Waals surface area contributed by atoms with Crippen LogP contribution in [0.1, 0.15) is 31.1 Å². The molecule has 24 heavy (non-hydrogen) atoms. The number of para-hydroxylation sites is 2. The Labute approximate surface area is 141 Å². The number of nitrogens with zero attached hydrogens (tertiary/aromatic N) is 1. The normalized spacial score (nSPS) is 11.6. The second kappa shape index (κ2) is 6.04. The van der Waals surface area contributed by atoms with Gasteiger partial charge in [-0.05, 0) is 23.6 Å². The topological polar surface area (TPSA) is 51.5 Å². The smallest absolute Gasteiger partial charge is 0.341 e. The maximum atomic E-state index is 11.9. The van der Waals surface area contributed by atoms with Crippen molar-refractivity contribution in [1.82, 2.24) is 4.57 Å². The van der Waals surface area contributed by atoms with Gasteiger partial charge in [0.25, 0.3) is 0 Å². The molecule has 4 heteroatoms. The molecule has 0 fully saturated rings. The van der Waals surface area contributed by atoms with Crippen molar-refractivity contribution in [2.24, 2.45) is 5.41 Å². The lowest BCUT2D eigenvalue weighted by molar-refractivity contribution is 0.0691. The molecule has 0 atom stereocenters. The number of carboxylic acid groups (broad SMARTS) is 1. The maximum Gasteiger partial charge on any atom is 0.341 e. The minimum Gasteiger partial charge on any atom is -0.477 e. The molecule has 0 radical (unpaired) electrons. The largest absolute Gasteiger partial charge is 0.477 e. The van der Waals surface area contributed by atoms with E-state index in [9.17, 15) is 9.90 Å². The first-order chi connectivity index (χ1) is 11.4. The summed E-state index contributed by atoms with van der Waals surface area (Å²) in [4.78, 5) is 11.9. The monoisotopic (exact) mass is 323 g/mol. The van der Waals surface area contributed by atoms with Gasteiger partial charge in [-0.15, -0.1) is 0 Å². The summed E-state index contributed by atoms with van der Waals surface area (Å²) in [7, 11) is 0. The van der Waals surface area contributed by atoms with Gasteiger partial charge in [0, 0.05) is 11.1 Å². The van der Waals surface area contributed by atoms with Crippen molar-refractivity contribution < 1.29 is 14.6 Å². The van der Waals surface area contributed by atoms with Crippen molar-refractivity contribution in [1.29, 1.82) is 0 Å². The molecule has 0 aliphatic rings. The van der Waals surface area contributed by atoms with Crippen LogP contribution in [0.2, 0.25) is 0 Å². The number of carbonyl (C=O) groups is 1. The zero-order valence-corrected chi connectivity index (χ0v) is 14.1. The summed E-state index contributed by atoms with van der Waals surface area (Å²) in [5, 5.41) is 10.4. The van der Waals surface area contributed by atoms with Crippen LogP contribution in [0.25, 0.3) is 16.6 Å². The molecule has 2 aromatic carbocycles. The van der Waals surface area contributed by atoms with E-state index in [0.717, 1.165) is 11.2 Å². The van der Waals surface area contributed by atoms with E-state index in [-0.39, 0.29) is 11.0 Å². The van der Waals surface area contributed by atoms with Crippen LogP contribution in [0.15, 0.2) is 54.6 Å².